The van der Waals surface area contributed by atoms with Crippen molar-refractivity contribution in [3.8, 4) is 0 Å². The van der Waals surface area contributed by atoms with Crippen LogP contribution in [0.15, 0.2) is 48.7 Å². The van der Waals surface area contributed by atoms with E-state index in [2.05, 4.69) is 10.3 Å². The predicted octanol–water partition coefficient (Wildman–Crippen LogP) is 4.26. The van der Waals surface area contributed by atoms with Crippen LogP contribution < -0.4 is 10.8 Å². The van der Waals surface area contributed by atoms with Gasteiger partial charge >= 0.3 is 0 Å². The molecule has 0 bridgehead atoms. The normalized spacial score (nSPS) is 16.8. The van der Waals surface area contributed by atoms with Crippen molar-refractivity contribution in [3.05, 3.63) is 59.3 Å². The van der Waals surface area contributed by atoms with Gasteiger partial charge in [-0.15, -0.1) is 0 Å². The summed E-state index contributed by atoms with van der Waals surface area (Å²) in [4.78, 5) is 39.1. The zero-order chi connectivity index (χ0) is 27.4. The molecule has 0 radical (unpaired) electrons. The van der Waals surface area contributed by atoms with Gasteiger partial charge in [-0.25, -0.2) is 4.98 Å². The van der Waals surface area contributed by atoms with Gasteiger partial charge in [0.15, 0.2) is 0 Å². The van der Waals surface area contributed by atoms with Crippen molar-refractivity contribution in [3.63, 3.8) is 0 Å². The first-order valence-electron chi connectivity index (χ1n) is 12.6. The minimum atomic E-state index is -2.64. The van der Waals surface area contributed by atoms with Crippen LogP contribution in [0.5, 0.6) is 0 Å². The molecule has 4 rings (SSSR count). The van der Waals surface area contributed by atoms with Gasteiger partial charge in [0.1, 0.15) is 12.6 Å². The number of imidazole rings is 1. The number of pyridine rings is 1. The number of likely N-dealkylation sites (N-methyl/N-ethyl adjacent to an activating group) is 1. The molecule has 1 N–H and O–H groups in total. The number of hydrogen-bond donors (Lipinski definition) is 1. The Bertz CT molecular complexity index is 1410. The van der Waals surface area contributed by atoms with Crippen LogP contribution in [0.1, 0.15) is 35.7 Å². The third-order valence-electron chi connectivity index (χ3n) is 6.50. The molecule has 1 aromatic carbocycles. The average Bonchev–Trinajstić information content (AvgIpc) is 3.05. The molecule has 0 unspecified atom stereocenters. The third kappa shape index (κ3) is 6.52. The molecule has 1 fully saturated rings. The molecule has 0 saturated carbocycles. The molecule has 0 aliphatic carbocycles. The Morgan fingerprint density at radius 3 is 2.76 bits per heavy atom. The number of aromatic nitrogens is 3. The number of rotatable bonds is 7. The van der Waals surface area contributed by atoms with E-state index < -0.39 is 7.14 Å². The molecule has 0 spiro atoms. The minimum absolute atomic E-state index is 0.0345. The Morgan fingerprint density at radius 1 is 1.24 bits per heavy atom. The van der Waals surface area contributed by atoms with Crippen molar-refractivity contribution >= 4 is 53.0 Å². The molecule has 38 heavy (non-hydrogen) atoms. The number of likely N-dealkylation sites (tertiary alicyclic amines) is 1. The van der Waals surface area contributed by atoms with E-state index in [-0.39, 0.29) is 17.9 Å². The maximum Gasteiger partial charge on any atom is 0.258 e. The van der Waals surface area contributed by atoms with Gasteiger partial charge in [0.2, 0.25) is 11.9 Å². The Morgan fingerprint density at radius 2 is 2.03 bits per heavy atom. The van der Waals surface area contributed by atoms with Gasteiger partial charge in [0.25, 0.3) is 5.91 Å². The SMILES string of the molecule is CN(C)C/C=C/C(=O)N1CCCC[C@H](n2c(NC(=O)c3ccnc(P(C)(C)=O)c3)nc3cccc(Cl)c32)C1. The summed E-state index contributed by atoms with van der Waals surface area (Å²) in [6, 6.07) is 8.48. The van der Waals surface area contributed by atoms with E-state index in [0.29, 0.717) is 52.6 Å². The van der Waals surface area contributed by atoms with E-state index in [9.17, 15) is 14.2 Å². The van der Waals surface area contributed by atoms with Crippen LogP contribution in [0.3, 0.4) is 0 Å². The van der Waals surface area contributed by atoms with Crippen molar-refractivity contribution < 1.29 is 14.2 Å². The van der Waals surface area contributed by atoms with E-state index in [1.54, 1.807) is 37.6 Å². The summed E-state index contributed by atoms with van der Waals surface area (Å²) in [7, 11) is 1.27. The van der Waals surface area contributed by atoms with Crippen LogP contribution in [0.2, 0.25) is 5.02 Å². The average molecular weight is 557 g/mol. The van der Waals surface area contributed by atoms with Gasteiger partial charge in [-0.1, -0.05) is 23.7 Å². The highest BCUT2D eigenvalue weighted by Crippen LogP contribution is 2.35. The van der Waals surface area contributed by atoms with E-state index >= 15 is 0 Å². The lowest BCUT2D eigenvalue weighted by Gasteiger charge is -2.26. The van der Waals surface area contributed by atoms with Gasteiger partial charge in [-0.05, 0) is 71.0 Å². The number of hydrogen-bond acceptors (Lipinski definition) is 6. The quantitative estimate of drug-likeness (QED) is 0.345. The molecule has 9 nitrogen and oxygen atoms in total. The standard InChI is InChI=1S/C27H34ClN6O3P/c1-32(2)15-8-12-24(35)33-16-6-5-9-20(18-33)34-25-21(28)10-7-11-22(25)30-27(34)31-26(36)19-13-14-29-23(17-19)38(3,4)37/h7-8,10-14,17,20H,5-6,9,15-16,18H2,1-4H3,(H,30,31,36)/b12-8+/t20-/m0/s1. The summed E-state index contributed by atoms with van der Waals surface area (Å²) >= 11 is 6.65. The zero-order valence-corrected chi connectivity index (χ0v) is 23.9. The van der Waals surface area contributed by atoms with Crippen LogP contribution >= 0.6 is 18.7 Å². The molecule has 2 aromatic heterocycles. The Labute approximate surface area is 228 Å². The second-order valence-electron chi connectivity index (χ2n) is 10.2. The summed E-state index contributed by atoms with van der Waals surface area (Å²) in [6.07, 6.45) is 7.60. The highest BCUT2D eigenvalue weighted by molar-refractivity contribution is 7.69. The lowest BCUT2D eigenvalue weighted by atomic mass is 10.1. The van der Waals surface area contributed by atoms with E-state index in [4.69, 9.17) is 16.6 Å². The number of fused-ring (bicyclic) bond motifs is 1. The monoisotopic (exact) mass is 556 g/mol. The second-order valence-corrected chi connectivity index (χ2v) is 13.8. The number of benzene rings is 1. The summed E-state index contributed by atoms with van der Waals surface area (Å²) in [5, 5.41) is 3.47. The van der Waals surface area contributed by atoms with E-state index in [0.717, 1.165) is 19.3 Å². The van der Waals surface area contributed by atoms with Crippen molar-refractivity contribution in [1.82, 2.24) is 24.3 Å². The highest BCUT2D eigenvalue weighted by atomic mass is 35.5. The Kier molecular flexibility index (Phi) is 8.71. The first kappa shape index (κ1) is 28.0. The fourth-order valence-corrected chi connectivity index (χ4v) is 5.63. The summed E-state index contributed by atoms with van der Waals surface area (Å²) in [5.74, 6) is -0.0641. The maximum absolute atomic E-state index is 13.3. The van der Waals surface area contributed by atoms with Crippen LogP contribution in [0.25, 0.3) is 11.0 Å². The number of para-hydroxylation sites is 1. The molecule has 1 aliphatic heterocycles. The molecule has 3 aromatic rings. The van der Waals surface area contributed by atoms with Crippen LogP contribution in [-0.2, 0) is 9.36 Å². The van der Waals surface area contributed by atoms with Gasteiger partial charge in [0.05, 0.1) is 22.1 Å². The number of carbonyl (C=O) groups is 2. The topological polar surface area (TPSA) is 100 Å². The first-order valence-corrected chi connectivity index (χ1v) is 15.6. The molecule has 2 amide bonds. The lowest BCUT2D eigenvalue weighted by Crippen LogP contribution is -2.34. The van der Waals surface area contributed by atoms with Crippen LogP contribution in [0.4, 0.5) is 5.95 Å². The van der Waals surface area contributed by atoms with Gasteiger partial charge < -0.3 is 18.9 Å². The fourth-order valence-electron chi connectivity index (χ4n) is 4.58. The number of nitrogens with zero attached hydrogens (tertiary/aromatic N) is 5. The van der Waals surface area contributed by atoms with Crippen molar-refractivity contribution in [2.24, 2.45) is 0 Å². The smallest absolute Gasteiger partial charge is 0.258 e. The third-order valence-corrected chi connectivity index (χ3v) is 8.15. The number of nitrogens with one attached hydrogen (secondary N) is 1. The van der Waals surface area contributed by atoms with E-state index in [1.807, 2.05) is 46.7 Å². The summed E-state index contributed by atoms with van der Waals surface area (Å²) < 4.78 is 14.5. The molecule has 1 saturated heterocycles. The molecule has 3 heterocycles. The number of amides is 2. The van der Waals surface area contributed by atoms with Crippen LogP contribution in [-0.4, -0.2) is 83.2 Å². The van der Waals surface area contributed by atoms with E-state index in [1.165, 1.54) is 6.20 Å². The van der Waals surface area contributed by atoms with Crippen molar-refractivity contribution in [2.75, 3.05) is 52.4 Å². The van der Waals surface area contributed by atoms with Gasteiger partial charge in [-0.3, -0.25) is 19.9 Å². The summed E-state index contributed by atoms with van der Waals surface area (Å²) in [5.41, 5.74) is 2.10. The molecule has 1 atom stereocenters. The largest absolute Gasteiger partial charge is 0.337 e. The second kappa shape index (κ2) is 11.8. The molecular weight excluding hydrogens is 523 g/mol. The molecular formula is C27H34ClN6O3P. The predicted molar refractivity (Wildman–Crippen MR) is 153 cm³/mol. The van der Waals surface area contributed by atoms with Crippen molar-refractivity contribution in [2.45, 2.75) is 25.3 Å². The Hall–Kier alpha value is -3.00. The Balaban J connectivity index is 1.68. The first-order chi connectivity index (χ1) is 18.0. The maximum atomic E-state index is 13.3. The van der Waals surface area contributed by atoms with Crippen molar-refractivity contribution in [1.29, 1.82) is 0 Å². The summed E-state index contributed by atoms with van der Waals surface area (Å²) in [6.45, 7) is 5.06. The highest BCUT2D eigenvalue weighted by Gasteiger charge is 2.27. The number of anilines is 1. The van der Waals surface area contributed by atoms with Gasteiger partial charge in [-0.2, -0.15) is 0 Å². The minimum Gasteiger partial charge on any atom is -0.337 e. The number of carbonyl (C=O) groups excluding carboxylic acids is 2. The zero-order valence-electron chi connectivity index (χ0n) is 22.2. The van der Waals surface area contributed by atoms with Gasteiger partial charge in [0, 0.05) is 37.5 Å². The molecule has 11 heteroatoms. The fraction of sp³-hybridized carbons (Fsp3) is 0.407. The number of halogens is 1. The van der Waals surface area contributed by atoms with Crippen LogP contribution in [0, 0.1) is 0 Å². The molecule has 1 aliphatic rings. The molecule has 202 valence electrons. The lowest BCUT2D eigenvalue weighted by molar-refractivity contribution is -0.126.